The van der Waals surface area contributed by atoms with Gasteiger partial charge in [-0.2, -0.15) is 21.6 Å². The first-order valence-electron chi connectivity index (χ1n) is 9.38. The molecule has 3 saturated carbocycles. The summed E-state index contributed by atoms with van der Waals surface area (Å²) in [6.45, 7) is -1.39. The Morgan fingerprint density at radius 3 is 2.24 bits per heavy atom. The van der Waals surface area contributed by atoms with Gasteiger partial charge in [-0.05, 0) is 61.7 Å². The number of halogens is 4. The van der Waals surface area contributed by atoms with Crippen molar-refractivity contribution in [1.29, 1.82) is 0 Å². The molecule has 0 radical (unpaired) electrons. The lowest BCUT2D eigenvalue weighted by Crippen LogP contribution is -2.55. The number of carbonyl (C=O) groups excluding carboxylic acids is 2. The Kier molecular flexibility index (Phi) is 5.89. The highest BCUT2D eigenvalue weighted by Gasteiger charge is 2.72. The van der Waals surface area contributed by atoms with Crippen LogP contribution in [0.5, 0.6) is 0 Å². The summed E-state index contributed by atoms with van der Waals surface area (Å²) in [7, 11) is -6.53. The van der Waals surface area contributed by atoms with Gasteiger partial charge in [0, 0.05) is 0 Å². The van der Waals surface area contributed by atoms with Gasteiger partial charge in [-0.1, -0.05) is 6.42 Å². The third-order valence-electron chi connectivity index (χ3n) is 6.46. The molecule has 3 aliphatic carbocycles. The number of ether oxygens (including phenoxy) is 2. The van der Waals surface area contributed by atoms with E-state index >= 15 is 0 Å². The molecule has 6 atom stereocenters. The summed E-state index contributed by atoms with van der Waals surface area (Å²) < 4.78 is 90.5. The van der Waals surface area contributed by atoms with E-state index in [1.165, 1.54) is 0 Å². The minimum absolute atomic E-state index is 0.0110. The molecule has 0 aromatic carbocycles. The molecule has 7 nitrogen and oxygen atoms in total. The van der Waals surface area contributed by atoms with E-state index in [9.17, 15) is 35.6 Å². The van der Waals surface area contributed by atoms with Crippen LogP contribution in [-0.2, 0) is 29.2 Å². The molecule has 12 heteroatoms. The summed E-state index contributed by atoms with van der Waals surface area (Å²) in [5, 5.41) is -5.68. The lowest BCUT2D eigenvalue weighted by atomic mass is 9.54. The van der Waals surface area contributed by atoms with Crippen LogP contribution in [0.15, 0.2) is 0 Å². The smallest absolute Gasteiger partial charge is 0.451 e. The number of esters is 2. The molecule has 0 heterocycles. The zero-order valence-electron chi connectivity index (χ0n) is 15.4. The van der Waals surface area contributed by atoms with Crippen LogP contribution >= 0.6 is 0 Å². The molecule has 0 aliphatic heterocycles. The van der Waals surface area contributed by atoms with Gasteiger partial charge in [0.25, 0.3) is 0 Å². The minimum Gasteiger partial charge on any atom is -0.463 e. The van der Waals surface area contributed by atoms with Gasteiger partial charge in [-0.15, -0.1) is 0 Å². The molecule has 166 valence electrons. The van der Waals surface area contributed by atoms with Gasteiger partial charge < -0.3 is 9.47 Å². The second-order valence-electron chi connectivity index (χ2n) is 8.26. The molecule has 0 amide bonds. The molecule has 0 aromatic rings. The van der Waals surface area contributed by atoms with E-state index in [1.807, 2.05) is 0 Å². The first-order chi connectivity index (χ1) is 13.3. The average Bonchev–Trinajstić information content (AvgIpc) is 2.59. The number of fused-ring (bicyclic) bond motifs is 2. The normalized spacial score (nSPS) is 33.6. The van der Waals surface area contributed by atoms with Crippen LogP contribution in [-0.4, -0.2) is 49.3 Å². The fourth-order valence-corrected chi connectivity index (χ4v) is 5.86. The highest BCUT2D eigenvalue weighted by Crippen LogP contribution is 2.54. The Morgan fingerprint density at radius 1 is 0.966 bits per heavy atom. The molecule has 3 fully saturated rings. The van der Waals surface area contributed by atoms with Crippen LogP contribution in [0.3, 0.4) is 0 Å². The third kappa shape index (κ3) is 4.23. The zero-order chi connectivity index (χ0) is 21.6. The van der Waals surface area contributed by atoms with Crippen LogP contribution < -0.4 is 0 Å². The summed E-state index contributed by atoms with van der Waals surface area (Å²) >= 11 is 0. The van der Waals surface area contributed by atoms with Gasteiger partial charge >= 0.3 is 33.2 Å². The SMILES string of the molecule is O=C(COC(=O)C(F)(C(F)(F)F)S(=O)(=O)O)OCC1CC2CC3CCC1C(C3)C2. The van der Waals surface area contributed by atoms with Crippen molar-refractivity contribution in [3.05, 3.63) is 0 Å². The van der Waals surface area contributed by atoms with Crippen LogP contribution in [0.4, 0.5) is 17.6 Å². The maximum atomic E-state index is 13.8. The van der Waals surface area contributed by atoms with Gasteiger partial charge in [0.15, 0.2) is 6.61 Å². The monoisotopic (exact) mass is 446 g/mol. The van der Waals surface area contributed by atoms with Crippen molar-refractivity contribution in [3.8, 4) is 0 Å². The van der Waals surface area contributed by atoms with E-state index in [0.29, 0.717) is 17.8 Å². The average molecular weight is 446 g/mol. The lowest BCUT2D eigenvalue weighted by Gasteiger charge is -2.51. The fourth-order valence-electron chi connectivity index (χ4n) is 5.30. The molecule has 0 saturated heterocycles. The fraction of sp³-hybridized carbons (Fsp3) is 0.882. The van der Waals surface area contributed by atoms with Gasteiger partial charge in [0.2, 0.25) is 0 Å². The van der Waals surface area contributed by atoms with Crippen LogP contribution in [0.25, 0.3) is 0 Å². The van der Waals surface area contributed by atoms with Crippen molar-refractivity contribution >= 4 is 22.1 Å². The zero-order valence-corrected chi connectivity index (χ0v) is 16.2. The van der Waals surface area contributed by atoms with Crippen LogP contribution in [0, 0.1) is 29.6 Å². The van der Waals surface area contributed by atoms with Crippen LogP contribution in [0.2, 0.25) is 0 Å². The summed E-state index contributed by atoms with van der Waals surface area (Å²) in [4.78, 5) is 23.1. The van der Waals surface area contributed by atoms with Crippen molar-refractivity contribution in [2.45, 2.75) is 49.7 Å². The second kappa shape index (κ2) is 7.68. The molecule has 1 N–H and O–H groups in total. The minimum atomic E-state index is -6.53. The van der Waals surface area contributed by atoms with E-state index in [-0.39, 0.29) is 12.5 Å². The molecule has 29 heavy (non-hydrogen) atoms. The second-order valence-corrected chi connectivity index (χ2v) is 9.78. The van der Waals surface area contributed by atoms with Gasteiger partial charge in [-0.25, -0.2) is 14.0 Å². The summed E-state index contributed by atoms with van der Waals surface area (Å²) in [6, 6.07) is 0. The Labute approximate surface area is 164 Å². The molecular weight excluding hydrogens is 424 g/mol. The molecule has 3 aliphatic rings. The highest BCUT2D eigenvalue weighted by molar-refractivity contribution is 7.88. The molecule has 3 rings (SSSR count). The molecule has 0 spiro atoms. The maximum Gasteiger partial charge on any atom is 0.451 e. The first kappa shape index (κ1) is 22.3. The molecular formula is C17H22F4O7S. The number of hydrogen-bond acceptors (Lipinski definition) is 6. The number of hydrogen-bond donors (Lipinski definition) is 1. The standard InChI is InChI=1S/C17H22F4O7S/c18-16(17(19,20)21,29(24,25)26)15(23)28-8-14(22)27-7-12-6-10-3-9-1-2-13(12)11(4-9)5-10/h9-13H,1-8H2,(H,24,25,26). The van der Waals surface area contributed by atoms with Gasteiger partial charge in [0.05, 0.1) is 6.61 Å². The van der Waals surface area contributed by atoms with Gasteiger partial charge in [0.1, 0.15) is 0 Å². The topological polar surface area (TPSA) is 107 Å². The van der Waals surface area contributed by atoms with E-state index in [1.54, 1.807) is 0 Å². The number of rotatable bonds is 6. The molecule has 3 bridgehead atoms. The first-order valence-corrected chi connectivity index (χ1v) is 10.8. The van der Waals surface area contributed by atoms with Crippen molar-refractivity contribution in [2.75, 3.05) is 13.2 Å². The number of carbonyl (C=O) groups is 2. The van der Waals surface area contributed by atoms with E-state index < -0.39 is 39.8 Å². The Bertz CT molecular complexity index is 762. The Balaban J connectivity index is 1.53. The Hall–Kier alpha value is -1.43. The van der Waals surface area contributed by atoms with E-state index in [4.69, 9.17) is 9.29 Å². The highest BCUT2D eigenvalue weighted by atomic mass is 32.2. The predicted molar refractivity (Wildman–Crippen MR) is 88.5 cm³/mol. The van der Waals surface area contributed by atoms with E-state index in [2.05, 4.69) is 4.74 Å². The third-order valence-corrected chi connectivity index (χ3v) is 7.57. The van der Waals surface area contributed by atoms with Crippen molar-refractivity contribution in [3.63, 3.8) is 0 Å². The molecule has 6 unspecified atom stereocenters. The summed E-state index contributed by atoms with van der Waals surface area (Å²) in [5.41, 5.74) is 0. The Morgan fingerprint density at radius 2 is 1.62 bits per heavy atom. The van der Waals surface area contributed by atoms with Crippen molar-refractivity contribution < 1.29 is 49.6 Å². The van der Waals surface area contributed by atoms with Crippen LogP contribution in [0.1, 0.15) is 38.5 Å². The van der Waals surface area contributed by atoms with E-state index in [0.717, 1.165) is 44.4 Å². The predicted octanol–water partition coefficient (Wildman–Crippen LogP) is 2.65. The summed E-state index contributed by atoms with van der Waals surface area (Å²) in [6.07, 6.45) is 0.227. The number of alkyl halides is 4. The maximum absolute atomic E-state index is 13.8. The summed E-state index contributed by atoms with van der Waals surface area (Å²) in [5.74, 6) is -1.76. The van der Waals surface area contributed by atoms with Crippen molar-refractivity contribution in [1.82, 2.24) is 0 Å². The van der Waals surface area contributed by atoms with Crippen molar-refractivity contribution in [2.24, 2.45) is 29.6 Å². The molecule has 0 aromatic heterocycles. The largest absolute Gasteiger partial charge is 0.463 e. The quantitative estimate of drug-likeness (QED) is 0.380. The lowest BCUT2D eigenvalue weighted by molar-refractivity contribution is -0.216. The van der Waals surface area contributed by atoms with Gasteiger partial charge in [-0.3, -0.25) is 4.55 Å².